The van der Waals surface area contributed by atoms with Crippen LogP contribution in [0.25, 0.3) is 0 Å². The number of amides is 3. The molecule has 3 rings (SSSR count). The summed E-state index contributed by atoms with van der Waals surface area (Å²) in [7, 11) is 0. The largest absolute Gasteiger partial charge is 0.508 e. The third-order valence-electron chi connectivity index (χ3n) is 5.50. The first-order chi connectivity index (χ1) is 12.5. The number of urea groups is 1. The molecule has 1 aliphatic heterocycles. The van der Waals surface area contributed by atoms with E-state index in [-0.39, 0.29) is 24.0 Å². The number of benzene rings is 1. The number of carbonyl (C=O) groups excluding carboxylic acids is 2. The maximum atomic E-state index is 12.2. The molecule has 3 N–H and O–H groups in total. The van der Waals surface area contributed by atoms with Gasteiger partial charge in [0, 0.05) is 6.04 Å². The predicted octanol–water partition coefficient (Wildman–Crippen LogP) is 2.41. The molecule has 2 aliphatic rings. The van der Waals surface area contributed by atoms with Crippen LogP contribution in [0.5, 0.6) is 5.75 Å². The summed E-state index contributed by atoms with van der Waals surface area (Å²) in [6.45, 7) is 3.65. The number of phenolic OH excluding ortho intramolecular Hbond substituents is 1. The van der Waals surface area contributed by atoms with E-state index in [0.29, 0.717) is 11.7 Å². The van der Waals surface area contributed by atoms with E-state index in [1.807, 2.05) is 19.1 Å². The average molecular weight is 359 g/mol. The fourth-order valence-electron chi connectivity index (χ4n) is 3.49. The minimum absolute atomic E-state index is 0.217. The summed E-state index contributed by atoms with van der Waals surface area (Å²) < 4.78 is 0. The zero-order valence-electron chi connectivity index (χ0n) is 15.4. The number of hydrogen-bond acceptors (Lipinski definition) is 4. The van der Waals surface area contributed by atoms with Gasteiger partial charge in [-0.3, -0.25) is 15.0 Å². The highest BCUT2D eigenvalue weighted by molar-refractivity contribution is 5.97. The molecule has 1 aromatic rings. The molecule has 1 aliphatic carbocycles. The number of imide groups is 1. The lowest BCUT2D eigenvalue weighted by atomic mass is 9.90. The molecule has 6 heteroatoms. The SMILES string of the molecule is C[C@H](C(=O)NC(=O)NC1CC1)N1CCC(CCc2ccc(O)cc2)CC1. The van der Waals surface area contributed by atoms with Crippen LogP contribution in [0.4, 0.5) is 4.79 Å². The molecule has 0 spiro atoms. The van der Waals surface area contributed by atoms with Crippen LogP contribution in [0.2, 0.25) is 0 Å². The highest BCUT2D eigenvalue weighted by atomic mass is 16.3. The quantitative estimate of drug-likeness (QED) is 0.728. The van der Waals surface area contributed by atoms with Gasteiger partial charge in [0.05, 0.1) is 6.04 Å². The van der Waals surface area contributed by atoms with Gasteiger partial charge in [0.1, 0.15) is 5.75 Å². The van der Waals surface area contributed by atoms with Gasteiger partial charge in [-0.05, 0) is 82.2 Å². The van der Waals surface area contributed by atoms with Crippen molar-refractivity contribution in [2.24, 2.45) is 5.92 Å². The minimum Gasteiger partial charge on any atom is -0.508 e. The Balaban J connectivity index is 1.37. The first-order valence-corrected chi connectivity index (χ1v) is 9.64. The lowest BCUT2D eigenvalue weighted by Gasteiger charge is -2.35. The fraction of sp³-hybridized carbons (Fsp3) is 0.600. The fourth-order valence-corrected chi connectivity index (χ4v) is 3.49. The van der Waals surface area contributed by atoms with E-state index < -0.39 is 0 Å². The number of hydrogen-bond donors (Lipinski definition) is 3. The molecule has 1 aromatic carbocycles. The molecule has 1 saturated carbocycles. The molecule has 3 amide bonds. The number of aryl methyl sites for hydroxylation is 1. The first kappa shape index (κ1) is 18.7. The van der Waals surface area contributed by atoms with Crippen LogP contribution in [0.3, 0.4) is 0 Å². The Morgan fingerprint density at radius 1 is 1.15 bits per heavy atom. The highest BCUT2D eigenvalue weighted by Gasteiger charge is 2.29. The molecule has 6 nitrogen and oxygen atoms in total. The number of phenols is 1. The molecule has 1 atom stereocenters. The predicted molar refractivity (Wildman–Crippen MR) is 99.9 cm³/mol. The van der Waals surface area contributed by atoms with Crippen LogP contribution in [0.15, 0.2) is 24.3 Å². The van der Waals surface area contributed by atoms with Crippen molar-refractivity contribution in [3.63, 3.8) is 0 Å². The lowest BCUT2D eigenvalue weighted by molar-refractivity contribution is -0.125. The van der Waals surface area contributed by atoms with E-state index in [4.69, 9.17) is 0 Å². The van der Waals surface area contributed by atoms with Crippen LogP contribution in [0, 0.1) is 5.92 Å². The third-order valence-corrected chi connectivity index (χ3v) is 5.50. The molecular formula is C20H29N3O3. The maximum Gasteiger partial charge on any atom is 0.321 e. The van der Waals surface area contributed by atoms with Crippen molar-refractivity contribution in [1.29, 1.82) is 0 Å². The zero-order chi connectivity index (χ0) is 18.5. The van der Waals surface area contributed by atoms with E-state index in [2.05, 4.69) is 15.5 Å². The number of nitrogens with zero attached hydrogens (tertiary/aromatic N) is 1. The number of piperidine rings is 1. The van der Waals surface area contributed by atoms with Crippen molar-refractivity contribution >= 4 is 11.9 Å². The van der Waals surface area contributed by atoms with Crippen LogP contribution < -0.4 is 10.6 Å². The standard InChI is InChI=1S/C20H29N3O3/c1-14(19(25)22-20(26)21-17-6-7-17)23-12-10-16(11-13-23)3-2-15-4-8-18(24)9-5-15/h4-5,8-9,14,16-17,24H,2-3,6-7,10-13H2,1H3,(H2,21,22,25,26)/t14-/m1/s1. The van der Waals surface area contributed by atoms with Crippen LogP contribution >= 0.6 is 0 Å². The number of nitrogens with one attached hydrogen (secondary N) is 2. The molecule has 2 fully saturated rings. The summed E-state index contributed by atoms with van der Waals surface area (Å²) in [4.78, 5) is 26.1. The van der Waals surface area contributed by atoms with Crippen molar-refractivity contribution in [3.05, 3.63) is 29.8 Å². The third kappa shape index (κ3) is 5.46. The molecule has 1 heterocycles. The summed E-state index contributed by atoms with van der Waals surface area (Å²) in [5.74, 6) is 0.749. The monoisotopic (exact) mass is 359 g/mol. The molecule has 26 heavy (non-hydrogen) atoms. The lowest BCUT2D eigenvalue weighted by Crippen LogP contribution is -2.51. The first-order valence-electron chi connectivity index (χ1n) is 9.64. The summed E-state index contributed by atoms with van der Waals surface area (Å²) in [6.07, 6.45) is 6.31. The van der Waals surface area contributed by atoms with E-state index in [0.717, 1.165) is 51.6 Å². The Bertz CT molecular complexity index is 620. The van der Waals surface area contributed by atoms with Crippen LogP contribution in [0.1, 0.15) is 44.6 Å². The van der Waals surface area contributed by atoms with Gasteiger partial charge in [-0.25, -0.2) is 4.79 Å². The summed E-state index contributed by atoms with van der Waals surface area (Å²) in [5.41, 5.74) is 1.25. The minimum atomic E-state index is -0.367. The van der Waals surface area contributed by atoms with Crippen LogP contribution in [-0.4, -0.2) is 47.1 Å². The van der Waals surface area contributed by atoms with E-state index in [9.17, 15) is 14.7 Å². The Morgan fingerprint density at radius 3 is 2.42 bits per heavy atom. The van der Waals surface area contributed by atoms with Gasteiger partial charge in [-0.1, -0.05) is 12.1 Å². The molecule has 1 saturated heterocycles. The summed E-state index contributed by atoms with van der Waals surface area (Å²) in [5, 5.41) is 14.6. The molecule has 142 valence electrons. The van der Waals surface area contributed by atoms with Gasteiger partial charge >= 0.3 is 6.03 Å². The van der Waals surface area contributed by atoms with E-state index in [1.54, 1.807) is 12.1 Å². The molecule has 0 aromatic heterocycles. The van der Waals surface area contributed by atoms with Gasteiger partial charge in [-0.15, -0.1) is 0 Å². The Hall–Kier alpha value is -2.08. The van der Waals surface area contributed by atoms with Gasteiger partial charge in [0.2, 0.25) is 5.91 Å². The normalized spacial score (nSPS) is 19.7. The van der Waals surface area contributed by atoms with Crippen molar-refractivity contribution in [2.45, 2.75) is 57.5 Å². The molecule has 0 unspecified atom stereocenters. The van der Waals surface area contributed by atoms with Crippen molar-refractivity contribution < 1.29 is 14.7 Å². The number of likely N-dealkylation sites (tertiary alicyclic amines) is 1. The van der Waals surface area contributed by atoms with Crippen molar-refractivity contribution in [2.75, 3.05) is 13.1 Å². The molecule has 0 radical (unpaired) electrons. The zero-order valence-corrected chi connectivity index (χ0v) is 15.4. The van der Waals surface area contributed by atoms with Crippen molar-refractivity contribution in [3.8, 4) is 5.75 Å². The van der Waals surface area contributed by atoms with Crippen LogP contribution in [-0.2, 0) is 11.2 Å². The highest BCUT2D eigenvalue weighted by Crippen LogP contribution is 2.24. The maximum absolute atomic E-state index is 12.2. The van der Waals surface area contributed by atoms with Gasteiger partial charge in [-0.2, -0.15) is 0 Å². The van der Waals surface area contributed by atoms with E-state index in [1.165, 1.54) is 5.56 Å². The summed E-state index contributed by atoms with van der Waals surface area (Å²) >= 11 is 0. The van der Waals surface area contributed by atoms with E-state index >= 15 is 0 Å². The second kappa shape index (κ2) is 8.54. The van der Waals surface area contributed by atoms with Gasteiger partial charge in [0.15, 0.2) is 0 Å². The molecule has 0 bridgehead atoms. The van der Waals surface area contributed by atoms with Gasteiger partial charge < -0.3 is 10.4 Å². The Labute approximate surface area is 155 Å². The van der Waals surface area contributed by atoms with Crippen molar-refractivity contribution in [1.82, 2.24) is 15.5 Å². The Morgan fingerprint density at radius 2 is 1.81 bits per heavy atom. The smallest absolute Gasteiger partial charge is 0.321 e. The average Bonchev–Trinajstić information content (AvgIpc) is 3.45. The number of carbonyl (C=O) groups is 2. The molecular weight excluding hydrogens is 330 g/mol. The Kier molecular flexibility index (Phi) is 6.14. The second-order valence-corrected chi connectivity index (χ2v) is 7.60. The number of aromatic hydroxyl groups is 1. The van der Waals surface area contributed by atoms with Gasteiger partial charge in [0.25, 0.3) is 0 Å². The number of rotatable bonds is 6. The second-order valence-electron chi connectivity index (χ2n) is 7.60. The topological polar surface area (TPSA) is 81.7 Å². The summed E-state index contributed by atoms with van der Waals surface area (Å²) in [6, 6.07) is 7.02.